The molecule has 0 spiro atoms. The summed E-state index contributed by atoms with van der Waals surface area (Å²) in [7, 11) is 3.06. The number of methoxy groups -OCH3 is 2. The van der Waals surface area contributed by atoms with Gasteiger partial charge in [0.05, 0.1) is 42.7 Å². The fraction of sp³-hybridized carbons (Fsp3) is 0.219. The van der Waals surface area contributed by atoms with Gasteiger partial charge in [0.15, 0.2) is 16.3 Å². The maximum atomic E-state index is 14.2. The van der Waals surface area contributed by atoms with Gasteiger partial charge in [0.25, 0.3) is 5.56 Å². The third-order valence-electron chi connectivity index (χ3n) is 6.81. The van der Waals surface area contributed by atoms with Crippen molar-refractivity contribution in [3.05, 3.63) is 118 Å². The number of ether oxygens (including phenoxy) is 4. The SMILES string of the molecule is CCOC(=O)C1=C(C)N=c2s/c(=C\c3cc(Cl)ccc3OCc3ccccc3)c(=O)n2[C@@H]1c1cc(OC)c(OC)cc1Br. The zero-order valence-corrected chi connectivity index (χ0v) is 27.0. The van der Waals surface area contributed by atoms with Crippen molar-refractivity contribution in [3.63, 3.8) is 0 Å². The number of thiazole rings is 1. The van der Waals surface area contributed by atoms with E-state index in [1.54, 1.807) is 50.3 Å². The molecule has 8 nitrogen and oxygen atoms in total. The Morgan fingerprint density at radius 2 is 1.79 bits per heavy atom. The van der Waals surface area contributed by atoms with E-state index in [1.807, 2.05) is 30.3 Å². The van der Waals surface area contributed by atoms with Gasteiger partial charge in [0.2, 0.25) is 0 Å². The van der Waals surface area contributed by atoms with Crippen LogP contribution in [0.4, 0.5) is 0 Å². The zero-order chi connectivity index (χ0) is 30.7. The van der Waals surface area contributed by atoms with E-state index in [2.05, 4.69) is 20.9 Å². The van der Waals surface area contributed by atoms with Gasteiger partial charge in [0, 0.05) is 15.1 Å². The number of hydrogen-bond acceptors (Lipinski definition) is 8. The fourth-order valence-corrected chi connectivity index (χ4v) is 6.56. The van der Waals surface area contributed by atoms with Crippen molar-refractivity contribution >= 4 is 50.9 Å². The molecule has 0 N–H and O–H groups in total. The highest BCUT2D eigenvalue weighted by molar-refractivity contribution is 9.10. The number of carbonyl (C=O) groups excluding carboxylic acids is 1. The van der Waals surface area contributed by atoms with Gasteiger partial charge in [-0.25, -0.2) is 9.79 Å². The van der Waals surface area contributed by atoms with E-state index in [9.17, 15) is 9.59 Å². The first-order valence-corrected chi connectivity index (χ1v) is 15.3. The van der Waals surface area contributed by atoms with E-state index in [0.29, 0.717) is 59.5 Å². The maximum absolute atomic E-state index is 14.2. The molecule has 0 saturated carbocycles. The number of benzene rings is 3. The Morgan fingerprint density at radius 3 is 2.49 bits per heavy atom. The lowest BCUT2D eigenvalue weighted by Crippen LogP contribution is -2.40. The van der Waals surface area contributed by atoms with Crippen molar-refractivity contribution < 1.29 is 23.7 Å². The minimum atomic E-state index is -0.847. The first kappa shape index (κ1) is 30.6. The third-order valence-corrected chi connectivity index (χ3v) is 8.71. The van der Waals surface area contributed by atoms with E-state index >= 15 is 0 Å². The largest absolute Gasteiger partial charge is 0.493 e. The second-order valence-corrected chi connectivity index (χ2v) is 11.8. The first-order valence-electron chi connectivity index (χ1n) is 13.3. The van der Waals surface area contributed by atoms with E-state index in [4.69, 9.17) is 30.5 Å². The monoisotopic (exact) mass is 682 g/mol. The number of fused-ring (bicyclic) bond motifs is 1. The molecule has 1 aromatic heterocycles. The Hall–Kier alpha value is -3.86. The van der Waals surface area contributed by atoms with Crippen LogP contribution in [-0.4, -0.2) is 31.4 Å². The second kappa shape index (κ2) is 13.2. The summed E-state index contributed by atoms with van der Waals surface area (Å²) in [5.41, 5.74) is 2.62. The molecule has 4 aromatic rings. The molecule has 0 bridgehead atoms. The number of halogens is 2. The minimum Gasteiger partial charge on any atom is -0.493 e. The van der Waals surface area contributed by atoms with Gasteiger partial charge in [0.1, 0.15) is 12.4 Å². The average molecular weight is 684 g/mol. The summed E-state index contributed by atoms with van der Waals surface area (Å²) in [5, 5.41) is 0.499. The van der Waals surface area contributed by atoms with Crippen LogP contribution in [0, 0.1) is 0 Å². The number of nitrogens with zero attached hydrogens (tertiary/aromatic N) is 2. The first-order chi connectivity index (χ1) is 20.7. The van der Waals surface area contributed by atoms with Crippen LogP contribution < -0.4 is 29.1 Å². The molecule has 3 aromatic carbocycles. The van der Waals surface area contributed by atoms with Crippen LogP contribution in [0.1, 0.15) is 36.6 Å². The van der Waals surface area contributed by atoms with Gasteiger partial charge in [-0.1, -0.05) is 69.2 Å². The van der Waals surface area contributed by atoms with Crippen LogP contribution in [0.5, 0.6) is 17.2 Å². The standard InChI is InChI=1S/C32H28BrClN2O6S/c1-5-41-31(38)28-18(2)35-32-36(29(28)22-15-25(39-3)26(40-4)16-23(22)33)30(37)27(43-32)14-20-13-21(34)11-12-24(20)42-17-19-9-7-6-8-10-19/h6-16,29H,5,17H2,1-4H3/b27-14-/t29-/m1/s1. The summed E-state index contributed by atoms with van der Waals surface area (Å²) >= 11 is 11.2. The molecule has 1 aliphatic heterocycles. The summed E-state index contributed by atoms with van der Waals surface area (Å²) in [6.07, 6.45) is 1.74. The summed E-state index contributed by atoms with van der Waals surface area (Å²) in [6.45, 7) is 3.98. The van der Waals surface area contributed by atoms with E-state index in [0.717, 1.165) is 5.56 Å². The van der Waals surface area contributed by atoms with Crippen LogP contribution in [0.3, 0.4) is 0 Å². The van der Waals surface area contributed by atoms with Crippen LogP contribution in [0.2, 0.25) is 5.02 Å². The quantitative estimate of drug-likeness (QED) is 0.207. The Kier molecular flexibility index (Phi) is 9.39. The molecule has 0 radical (unpaired) electrons. The highest BCUT2D eigenvalue weighted by Gasteiger charge is 2.35. The Labute approximate surface area is 265 Å². The van der Waals surface area contributed by atoms with Crippen molar-refractivity contribution in [2.24, 2.45) is 4.99 Å². The van der Waals surface area contributed by atoms with Gasteiger partial charge in [-0.05, 0) is 61.4 Å². The number of rotatable bonds is 9. The minimum absolute atomic E-state index is 0.167. The van der Waals surface area contributed by atoms with Crippen LogP contribution in [0.15, 0.2) is 86.2 Å². The van der Waals surface area contributed by atoms with Gasteiger partial charge >= 0.3 is 5.97 Å². The number of esters is 1. The van der Waals surface area contributed by atoms with Crippen molar-refractivity contribution in [3.8, 4) is 17.2 Å². The topological polar surface area (TPSA) is 88.4 Å². The predicted molar refractivity (Wildman–Crippen MR) is 170 cm³/mol. The van der Waals surface area contributed by atoms with Crippen LogP contribution in [0.25, 0.3) is 6.08 Å². The van der Waals surface area contributed by atoms with E-state index < -0.39 is 12.0 Å². The normalized spacial score (nSPS) is 14.7. The highest BCUT2D eigenvalue weighted by Crippen LogP contribution is 2.40. The van der Waals surface area contributed by atoms with Crippen molar-refractivity contribution in [2.75, 3.05) is 20.8 Å². The molecule has 1 aliphatic rings. The molecule has 0 aliphatic carbocycles. The van der Waals surface area contributed by atoms with Gasteiger partial charge < -0.3 is 18.9 Å². The summed E-state index contributed by atoms with van der Waals surface area (Å²) in [4.78, 5) is 32.6. The molecule has 0 amide bonds. The van der Waals surface area contributed by atoms with E-state index in [-0.39, 0.29) is 17.7 Å². The zero-order valence-electron chi connectivity index (χ0n) is 23.9. The van der Waals surface area contributed by atoms with Gasteiger partial charge in [-0.15, -0.1) is 0 Å². The number of allylic oxidation sites excluding steroid dienone is 1. The second-order valence-electron chi connectivity index (χ2n) is 9.49. The molecule has 11 heteroatoms. The lowest BCUT2D eigenvalue weighted by atomic mass is 9.95. The van der Waals surface area contributed by atoms with Gasteiger partial charge in [-0.2, -0.15) is 0 Å². The summed E-state index contributed by atoms with van der Waals surface area (Å²) < 4.78 is 25.1. The third kappa shape index (κ3) is 6.27. The van der Waals surface area contributed by atoms with Crippen molar-refractivity contribution in [1.29, 1.82) is 0 Å². The number of hydrogen-bond donors (Lipinski definition) is 0. The van der Waals surface area contributed by atoms with Crippen molar-refractivity contribution in [1.82, 2.24) is 4.57 Å². The van der Waals surface area contributed by atoms with Crippen molar-refractivity contribution in [2.45, 2.75) is 26.5 Å². The average Bonchev–Trinajstić information content (AvgIpc) is 3.30. The summed E-state index contributed by atoms with van der Waals surface area (Å²) in [5.74, 6) is 0.950. The molecular weight excluding hydrogens is 656 g/mol. The van der Waals surface area contributed by atoms with E-state index in [1.165, 1.54) is 30.1 Å². The molecule has 0 saturated heterocycles. The summed E-state index contributed by atoms with van der Waals surface area (Å²) in [6, 6.07) is 17.7. The maximum Gasteiger partial charge on any atom is 0.338 e. The fourth-order valence-electron chi connectivity index (χ4n) is 4.81. The smallest absolute Gasteiger partial charge is 0.338 e. The molecule has 222 valence electrons. The van der Waals surface area contributed by atoms with Gasteiger partial charge in [-0.3, -0.25) is 9.36 Å². The Bertz CT molecular complexity index is 1900. The molecule has 43 heavy (non-hydrogen) atoms. The molecule has 2 heterocycles. The number of carbonyl (C=O) groups is 1. The number of aromatic nitrogens is 1. The molecule has 0 fully saturated rings. The predicted octanol–water partition coefficient (Wildman–Crippen LogP) is 5.81. The molecule has 5 rings (SSSR count). The molecule has 0 unspecified atom stereocenters. The lowest BCUT2D eigenvalue weighted by Gasteiger charge is -2.26. The lowest BCUT2D eigenvalue weighted by molar-refractivity contribution is -0.139. The van der Waals surface area contributed by atoms with Crippen LogP contribution >= 0.6 is 38.9 Å². The van der Waals surface area contributed by atoms with Crippen LogP contribution in [-0.2, 0) is 16.1 Å². The molecular formula is C32H28BrClN2O6S. The Morgan fingerprint density at radius 1 is 1.07 bits per heavy atom. The molecule has 1 atom stereocenters. The highest BCUT2D eigenvalue weighted by atomic mass is 79.9. The Balaban J connectivity index is 1.68.